The number of morpholine rings is 2. The molecule has 0 atom stereocenters. The Kier molecular flexibility index (Phi) is 18.2. The highest BCUT2D eigenvalue weighted by Crippen LogP contribution is 2.26. The number of fused-ring (bicyclic) bond motifs is 2. The van der Waals surface area contributed by atoms with E-state index in [9.17, 15) is 0 Å². The van der Waals surface area contributed by atoms with Gasteiger partial charge < -0.3 is 39.5 Å². The van der Waals surface area contributed by atoms with E-state index in [0.717, 1.165) is 171 Å². The largest absolute Gasteiger partial charge is 0.379 e. The average molecular weight is 938 g/mol. The Morgan fingerprint density at radius 1 is 0.522 bits per heavy atom. The van der Waals surface area contributed by atoms with Crippen LogP contribution in [-0.2, 0) is 22.6 Å². The minimum atomic E-state index is 0.393. The van der Waals surface area contributed by atoms with Gasteiger partial charge in [-0.3, -0.25) is 19.6 Å². The number of rotatable bonds is 14. The molecule has 360 valence electrons. The van der Waals surface area contributed by atoms with Gasteiger partial charge in [-0.25, -0.2) is 29.9 Å². The predicted molar refractivity (Wildman–Crippen MR) is 266 cm³/mol. The van der Waals surface area contributed by atoms with Gasteiger partial charge in [0.05, 0.1) is 39.1 Å². The molecule has 8 heterocycles. The van der Waals surface area contributed by atoms with Crippen molar-refractivity contribution in [3.63, 3.8) is 0 Å². The SMILES string of the molecule is CN1CCN(CCN)CC1.CN1CCN(CCNc2nc(-c3ccccc3)nc3c2ncn3CCN2CCOCC2)CC1.Clc1nc(-c2ccccc2)nc2c1ncn2CCN1CCOCC1. The van der Waals surface area contributed by atoms with Gasteiger partial charge in [0.25, 0.3) is 0 Å². The smallest absolute Gasteiger partial charge is 0.166 e. The number of hydrogen-bond acceptors (Lipinski definition) is 16. The molecule has 0 aliphatic carbocycles. The van der Waals surface area contributed by atoms with Crippen LogP contribution in [0.1, 0.15) is 0 Å². The predicted octanol–water partition coefficient (Wildman–Crippen LogP) is 3.16. The lowest BCUT2D eigenvalue weighted by molar-refractivity contribution is 0.0364. The van der Waals surface area contributed by atoms with Crippen molar-refractivity contribution in [2.24, 2.45) is 5.73 Å². The molecule has 0 saturated carbocycles. The average Bonchev–Trinajstić information content (AvgIpc) is 4.00. The lowest BCUT2D eigenvalue weighted by atomic mass is 10.2. The summed E-state index contributed by atoms with van der Waals surface area (Å²) in [6, 6.07) is 20.0. The van der Waals surface area contributed by atoms with Crippen LogP contribution < -0.4 is 11.1 Å². The van der Waals surface area contributed by atoms with Crippen LogP contribution in [0.4, 0.5) is 5.82 Å². The van der Waals surface area contributed by atoms with Gasteiger partial charge in [-0.15, -0.1) is 0 Å². The molecule has 0 amide bonds. The fourth-order valence-corrected chi connectivity index (χ4v) is 8.76. The van der Waals surface area contributed by atoms with Crippen molar-refractivity contribution >= 4 is 39.7 Å². The number of hydrogen-bond donors (Lipinski definition) is 2. The van der Waals surface area contributed by atoms with Crippen molar-refractivity contribution in [2.45, 2.75) is 13.1 Å². The molecule has 4 aliphatic rings. The Morgan fingerprint density at radius 3 is 1.48 bits per heavy atom. The number of anilines is 1. The molecular weight excluding hydrogens is 868 g/mol. The third-order valence-electron chi connectivity index (χ3n) is 12.8. The fraction of sp³-hybridized carbons (Fsp3) is 0.542. The Balaban J connectivity index is 0.000000156. The number of piperazine rings is 2. The first-order valence-corrected chi connectivity index (χ1v) is 24.4. The molecule has 2 aromatic carbocycles. The maximum Gasteiger partial charge on any atom is 0.166 e. The normalized spacial score (nSPS) is 18.4. The molecule has 6 aromatic rings. The van der Waals surface area contributed by atoms with E-state index in [1.807, 2.05) is 59.4 Å². The Labute approximate surface area is 400 Å². The molecule has 0 spiro atoms. The van der Waals surface area contributed by atoms with Gasteiger partial charge in [-0.2, -0.15) is 0 Å². The molecule has 0 bridgehead atoms. The number of halogens is 1. The first kappa shape index (κ1) is 48.7. The van der Waals surface area contributed by atoms with E-state index in [1.165, 1.54) is 26.2 Å². The van der Waals surface area contributed by atoms with Gasteiger partial charge in [0, 0.05) is 142 Å². The molecular formula is C48H69ClN16O2. The number of imidazole rings is 2. The summed E-state index contributed by atoms with van der Waals surface area (Å²) in [7, 11) is 4.35. The second-order valence-corrected chi connectivity index (χ2v) is 18.0. The van der Waals surface area contributed by atoms with Crippen LogP contribution in [0.25, 0.3) is 45.1 Å². The van der Waals surface area contributed by atoms with E-state index in [-0.39, 0.29) is 0 Å². The molecule has 19 heteroatoms. The first-order valence-electron chi connectivity index (χ1n) is 24.0. The van der Waals surface area contributed by atoms with Crippen LogP contribution in [0.15, 0.2) is 73.3 Å². The number of aromatic nitrogens is 8. The zero-order valence-electron chi connectivity index (χ0n) is 39.4. The van der Waals surface area contributed by atoms with E-state index >= 15 is 0 Å². The highest BCUT2D eigenvalue weighted by atomic mass is 35.5. The van der Waals surface area contributed by atoms with E-state index in [1.54, 1.807) is 6.33 Å². The van der Waals surface area contributed by atoms with Crippen molar-refractivity contribution < 1.29 is 9.47 Å². The quantitative estimate of drug-likeness (QED) is 0.153. The maximum absolute atomic E-state index is 6.32. The maximum atomic E-state index is 6.32. The summed E-state index contributed by atoms with van der Waals surface area (Å²) in [6.07, 6.45) is 3.70. The zero-order chi connectivity index (χ0) is 46.2. The van der Waals surface area contributed by atoms with E-state index in [4.69, 9.17) is 46.7 Å². The summed E-state index contributed by atoms with van der Waals surface area (Å²) in [5.41, 5.74) is 10.6. The molecule has 4 fully saturated rings. The van der Waals surface area contributed by atoms with Gasteiger partial charge in [0.2, 0.25) is 0 Å². The third kappa shape index (κ3) is 13.9. The van der Waals surface area contributed by atoms with Crippen LogP contribution >= 0.6 is 11.6 Å². The molecule has 0 unspecified atom stereocenters. The summed E-state index contributed by atoms with van der Waals surface area (Å²) in [6.45, 7) is 23.6. The van der Waals surface area contributed by atoms with Gasteiger partial charge >= 0.3 is 0 Å². The summed E-state index contributed by atoms with van der Waals surface area (Å²) in [5.74, 6) is 2.18. The second-order valence-electron chi connectivity index (χ2n) is 17.6. The summed E-state index contributed by atoms with van der Waals surface area (Å²) < 4.78 is 15.1. The molecule has 4 saturated heterocycles. The molecule has 0 radical (unpaired) electrons. The number of nitrogens with zero attached hydrogens (tertiary/aromatic N) is 14. The first-order chi connectivity index (χ1) is 32.9. The second kappa shape index (κ2) is 25.0. The van der Waals surface area contributed by atoms with Gasteiger partial charge in [0.1, 0.15) is 11.0 Å². The number of likely N-dealkylation sites (N-methyl/N-ethyl adjacent to an activating group) is 2. The zero-order valence-corrected chi connectivity index (χ0v) is 40.2. The van der Waals surface area contributed by atoms with Crippen molar-refractivity contribution in [1.82, 2.24) is 68.4 Å². The minimum absolute atomic E-state index is 0.393. The lowest BCUT2D eigenvalue weighted by Crippen LogP contribution is -2.45. The topological polar surface area (TPSA) is 163 Å². The van der Waals surface area contributed by atoms with Crippen LogP contribution in [0.5, 0.6) is 0 Å². The van der Waals surface area contributed by atoms with Crippen LogP contribution in [0.2, 0.25) is 5.15 Å². The van der Waals surface area contributed by atoms with Crippen molar-refractivity contribution in [3.05, 3.63) is 78.5 Å². The molecule has 67 heavy (non-hydrogen) atoms. The minimum Gasteiger partial charge on any atom is -0.379 e. The van der Waals surface area contributed by atoms with Crippen molar-refractivity contribution in [1.29, 1.82) is 0 Å². The molecule has 4 aromatic heterocycles. The number of nitrogens with two attached hydrogens (primary N) is 1. The number of benzene rings is 2. The standard InChI is InChI=1S/C24H34N8O.C17H18ClN5O.C7H17N3/c1-29-9-11-30(12-10-29)8-7-25-23-21-24(28-22(27-23)20-5-3-2-4-6-20)32(19-26-21)14-13-31-15-17-33-18-16-31;18-15-14-17(21-16(20-15)13-4-2-1-3-5-13)23(12-19-14)7-6-22-8-10-24-11-9-22;1-9-4-6-10(3-2-8)7-5-9/h2-6,19H,7-18H2,1H3,(H,25,27,28);1-5,12H,6-11H2;2-8H2,1H3. The van der Waals surface area contributed by atoms with Crippen molar-refractivity contribution in [3.8, 4) is 22.8 Å². The molecule has 3 N–H and O–H groups in total. The van der Waals surface area contributed by atoms with Crippen LogP contribution in [0.3, 0.4) is 0 Å². The molecule has 10 rings (SSSR count). The van der Waals surface area contributed by atoms with Gasteiger partial charge in [0.15, 0.2) is 33.9 Å². The summed E-state index contributed by atoms with van der Waals surface area (Å²) >= 11 is 6.32. The van der Waals surface area contributed by atoms with Gasteiger partial charge in [-0.05, 0) is 14.1 Å². The number of ether oxygens (including phenoxy) is 2. The fourth-order valence-electron chi connectivity index (χ4n) is 8.54. The molecule has 4 aliphatic heterocycles. The van der Waals surface area contributed by atoms with E-state index in [0.29, 0.717) is 16.5 Å². The lowest BCUT2D eigenvalue weighted by Gasteiger charge is -2.32. The number of nitrogens with one attached hydrogen (secondary N) is 1. The van der Waals surface area contributed by atoms with E-state index < -0.39 is 0 Å². The highest BCUT2D eigenvalue weighted by molar-refractivity contribution is 6.33. The Morgan fingerprint density at radius 2 is 0.970 bits per heavy atom. The van der Waals surface area contributed by atoms with Crippen LogP contribution in [0, 0.1) is 0 Å². The Hall–Kier alpha value is -4.73. The van der Waals surface area contributed by atoms with Gasteiger partial charge in [-0.1, -0.05) is 72.3 Å². The monoisotopic (exact) mass is 937 g/mol. The molecule has 18 nitrogen and oxygen atoms in total. The van der Waals surface area contributed by atoms with E-state index in [2.05, 4.69) is 75.5 Å². The Bertz CT molecular complexity index is 2380. The van der Waals surface area contributed by atoms with Crippen LogP contribution in [-0.4, -0.2) is 227 Å². The highest BCUT2D eigenvalue weighted by Gasteiger charge is 2.19. The van der Waals surface area contributed by atoms with Crippen molar-refractivity contribution in [2.75, 3.05) is 164 Å². The summed E-state index contributed by atoms with van der Waals surface area (Å²) in [4.78, 5) is 42.4. The third-order valence-corrected chi connectivity index (χ3v) is 13.1. The summed E-state index contributed by atoms with van der Waals surface area (Å²) in [5, 5.41) is 3.96.